The number of anilines is 1. The van der Waals surface area contributed by atoms with Crippen molar-refractivity contribution in [1.82, 2.24) is 10.2 Å². The third-order valence-electron chi connectivity index (χ3n) is 5.20. The lowest BCUT2D eigenvalue weighted by molar-refractivity contribution is -0.117. The van der Waals surface area contributed by atoms with Crippen molar-refractivity contribution in [1.29, 1.82) is 0 Å². The Kier molecular flexibility index (Phi) is 5.58. The molecule has 4 rings (SSSR count). The summed E-state index contributed by atoms with van der Waals surface area (Å²) in [5.74, 6) is 0.555. The number of ether oxygens (including phenoxy) is 1. The summed E-state index contributed by atoms with van der Waals surface area (Å²) < 4.78 is 19.6. The molecule has 0 aromatic heterocycles. The molecule has 2 heterocycles. The predicted octanol–water partition coefficient (Wildman–Crippen LogP) is 2.54. The second kappa shape index (κ2) is 8.44. The molecule has 1 fully saturated rings. The number of para-hydroxylation sites is 2. The molecule has 2 aliphatic rings. The first-order valence-electron chi connectivity index (χ1n) is 9.63. The van der Waals surface area contributed by atoms with Gasteiger partial charge in [-0.3, -0.25) is 9.69 Å². The smallest absolute Gasteiger partial charge is 0.250 e. The molecular weight excluding hydrogens is 357 g/mol. The van der Waals surface area contributed by atoms with Gasteiger partial charge >= 0.3 is 0 Å². The van der Waals surface area contributed by atoms with Crippen LogP contribution in [-0.4, -0.2) is 56.7 Å². The van der Waals surface area contributed by atoms with Gasteiger partial charge in [-0.25, -0.2) is 4.39 Å². The van der Waals surface area contributed by atoms with E-state index in [-0.39, 0.29) is 11.7 Å². The molecule has 0 radical (unpaired) electrons. The third kappa shape index (κ3) is 4.17. The average Bonchev–Trinajstić information content (AvgIpc) is 2.74. The Balaban J connectivity index is 1.23. The number of halogens is 1. The summed E-state index contributed by atoms with van der Waals surface area (Å²) in [5.41, 5.74) is 2.24. The van der Waals surface area contributed by atoms with E-state index in [0.29, 0.717) is 24.4 Å². The van der Waals surface area contributed by atoms with E-state index in [1.807, 2.05) is 42.5 Å². The van der Waals surface area contributed by atoms with Crippen LogP contribution >= 0.6 is 0 Å². The van der Waals surface area contributed by atoms with Crippen LogP contribution in [0.5, 0.6) is 5.75 Å². The van der Waals surface area contributed by atoms with E-state index in [4.69, 9.17) is 4.74 Å². The molecule has 1 amide bonds. The van der Waals surface area contributed by atoms with Gasteiger partial charge in [-0.05, 0) is 24.3 Å². The van der Waals surface area contributed by atoms with Crippen molar-refractivity contribution in [3.8, 4) is 5.75 Å². The number of nitrogens with zero attached hydrogens (tertiary/aromatic N) is 2. The van der Waals surface area contributed by atoms with Crippen LogP contribution in [-0.2, 0) is 4.79 Å². The molecule has 0 spiro atoms. The Morgan fingerprint density at radius 2 is 1.79 bits per heavy atom. The molecule has 0 saturated carbocycles. The largest absolute Gasteiger partial charge is 0.488 e. The third-order valence-corrected chi connectivity index (χ3v) is 5.20. The maximum Gasteiger partial charge on any atom is 0.250 e. The Morgan fingerprint density at radius 1 is 1.04 bits per heavy atom. The summed E-state index contributed by atoms with van der Waals surface area (Å²) in [6.45, 7) is 4.92. The lowest BCUT2D eigenvalue weighted by atomic mass is 10.1. The molecule has 1 N–H and O–H groups in total. The molecular formula is C22H24FN3O2. The predicted molar refractivity (Wildman–Crippen MR) is 108 cm³/mol. The fraction of sp³-hybridized carbons (Fsp3) is 0.318. The number of benzene rings is 2. The number of carbonyl (C=O) groups is 1. The molecule has 0 aliphatic carbocycles. The van der Waals surface area contributed by atoms with E-state index in [0.717, 1.165) is 44.0 Å². The first kappa shape index (κ1) is 18.5. The van der Waals surface area contributed by atoms with Crippen LogP contribution in [0.2, 0.25) is 0 Å². The quantitative estimate of drug-likeness (QED) is 0.865. The zero-order valence-corrected chi connectivity index (χ0v) is 15.7. The van der Waals surface area contributed by atoms with Gasteiger partial charge in [-0.2, -0.15) is 0 Å². The van der Waals surface area contributed by atoms with E-state index in [2.05, 4.69) is 15.1 Å². The Morgan fingerprint density at radius 3 is 2.61 bits per heavy atom. The SMILES string of the molecule is O=C(NCCN1CCN(c2ccccc2F)CC1)C1=Cc2ccccc2OC1. The number of nitrogens with one attached hydrogen (secondary N) is 1. The minimum atomic E-state index is -0.173. The van der Waals surface area contributed by atoms with Crippen LogP contribution in [0, 0.1) is 5.82 Å². The Labute approximate surface area is 164 Å². The highest BCUT2D eigenvalue weighted by molar-refractivity contribution is 5.99. The van der Waals surface area contributed by atoms with Crippen molar-refractivity contribution in [2.45, 2.75) is 0 Å². The summed E-state index contributed by atoms with van der Waals surface area (Å²) in [6, 6.07) is 14.6. The highest BCUT2D eigenvalue weighted by Crippen LogP contribution is 2.25. The van der Waals surface area contributed by atoms with Gasteiger partial charge in [0, 0.05) is 44.8 Å². The summed E-state index contributed by atoms with van der Waals surface area (Å²) >= 11 is 0. The van der Waals surface area contributed by atoms with E-state index >= 15 is 0 Å². The van der Waals surface area contributed by atoms with Crippen LogP contribution in [0.25, 0.3) is 6.08 Å². The summed E-state index contributed by atoms with van der Waals surface area (Å²) in [6.07, 6.45) is 1.89. The fourth-order valence-electron chi connectivity index (χ4n) is 3.61. The van der Waals surface area contributed by atoms with E-state index < -0.39 is 0 Å². The number of hydrogen-bond acceptors (Lipinski definition) is 4. The molecule has 2 aromatic carbocycles. The van der Waals surface area contributed by atoms with Crippen LogP contribution in [0.15, 0.2) is 54.1 Å². The highest BCUT2D eigenvalue weighted by Gasteiger charge is 2.20. The number of amides is 1. The zero-order chi connectivity index (χ0) is 19.3. The molecule has 0 unspecified atom stereocenters. The van der Waals surface area contributed by atoms with Crippen LogP contribution in [0.1, 0.15) is 5.56 Å². The lowest BCUT2D eigenvalue weighted by Crippen LogP contribution is -2.48. The van der Waals surface area contributed by atoms with Crippen molar-refractivity contribution in [3.05, 3.63) is 65.5 Å². The van der Waals surface area contributed by atoms with Gasteiger partial charge in [0.15, 0.2) is 0 Å². The normalized spacial score (nSPS) is 16.8. The van der Waals surface area contributed by atoms with Gasteiger partial charge in [0.2, 0.25) is 0 Å². The van der Waals surface area contributed by atoms with Crippen molar-refractivity contribution in [2.24, 2.45) is 0 Å². The minimum absolute atomic E-state index is 0.0838. The lowest BCUT2D eigenvalue weighted by Gasteiger charge is -2.36. The van der Waals surface area contributed by atoms with Gasteiger partial charge in [0.1, 0.15) is 18.2 Å². The van der Waals surface area contributed by atoms with Crippen molar-refractivity contribution < 1.29 is 13.9 Å². The summed E-state index contributed by atoms with van der Waals surface area (Å²) in [4.78, 5) is 16.8. The monoisotopic (exact) mass is 381 g/mol. The Bertz CT molecular complexity index is 876. The van der Waals surface area contributed by atoms with Crippen LogP contribution in [0.4, 0.5) is 10.1 Å². The molecule has 0 bridgehead atoms. The number of hydrogen-bond donors (Lipinski definition) is 1. The van der Waals surface area contributed by atoms with Crippen LogP contribution in [0.3, 0.4) is 0 Å². The van der Waals surface area contributed by atoms with E-state index in [9.17, 15) is 9.18 Å². The highest BCUT2D eigenvalue weighted by atomic mass is 19.1. The fourth-order valence-corrected chi connectivity index (χ4v) is 3.61. The molecule has 28 heavy (non-hydrogen) atoms. The van der Waals surface area contributed by atoms with Crippen LogP contribution < -0.4 is 15.0 Å². The molecule has 6 heteroatoms. The number of piperazine rings is 1. The Hall–Kier alpha value is -2.86. The van der Waals surface area contributed by atoms with Crippen molar-refractivity contribution in [3.63, 3.8) is 0 Å². The summed E-state index contributed by atoms with van der Waals surface area (Å²) in [5, 5.41) is 2.98. The van der Waals surface area contributed by atoms with Gasteiger partial charge in [-0.15, -0.1) is 0 Å². The summed E-state index contributed by atoms with van der Waals surface area (Å²) in [7, 11) is 0. The number of fused-ring (bicyclic) bond motifs is 1. The number of carbonyl (C=O) groups excluding carboxylic acids is 1. The first-order chi connectivity index (χ1) is 13.7. The minimum Gasteiger partial charge on any atom is -0.488 e. The second-order valence-corrected chi connectivity index (χ2v) is 7.03. The topological polar surface area (TPSA) is 44.8 Å². The first-order valence-corrected chi connectivity index (χ1v) is 9.63. The molecule has 1 saturated heterocycles. The van der Waals surface area contributed by atoms with Gasteiger partial charge in [-0.1, -0.05) is 30.3 Å². The molecule has 0 atom stereocenters. The number of rotatable bonds is 5. The van der Waals surface area contributed by atoms with Gasteiger partial charge < -0.3 is 15.0 Å². The molecule has 2 aliphatic heterocycles. The standard InChI is InChI=1S/C22H24FN3O2/c23-19-6-2-3-7-20(19)26-13-11-25(12-14-26)10-9-24-22(27)18-15-17-5-1-4-8-21(17)28-16-18/h1-8,15H,9-14,16H2,(H,24,27). The van der Waals surface area contributed by atoms with E-state index in [1.54, 1.807) is 6.07 Å². The van der Waals surface area contributed by atoms with Crippen molar-refractivity contribution in [2.75, 3.05) is 50.8 Å². The second-order valence-electron chi connectivity index (χ2n) is 7.03. The average molecular weight is 381 g/mol. The van der Waals surface area contributed by atoms with Crippen molar-refractivity contribution >= 4 is 17.7 Å². The maximum atomic E-state index is 13.9. The van der Waals surface area contributed by atoms with Gasteiger partial charge in [0.25, 0.3) is 5.91 Å². The maximum absolute atomic E-state index is 13.9. The molecule has 5 nitrogen and oxygen atoms in total. The zero-order valence-electron chi connectivity index (χ0n) is 15.7. The molecule has 2 aromatic rings. The van der Waals surface area contributed by atoms with E-state index in [1.165, 1.54) is 6.07 Å². The van der Waals surface area contributed by atoms with Gasteiger partial charge in [0.05, 0.1) is 11.3 Å². The molecule has 146 valence electrons.